The molecule has 0 radical (unpaired) electrons. The number of carbonyl (C=O) groups excluding carboxylic acids is 1. The molecule has 0 bridgehead atoms. The van der Waals surface area contributed by atoms with Gasteiger partial charge >= 0.3 is 0 Å². The molecule has 1 aromatic heterocycles. The zero-order valence-corrected chi connectivity index (χ0v) is 15.0. The van der Waals surface area contributed by atoms with Crippen molar-refractivity contribution in [1.29, 1.82) is 0 Å². The van der Waals surface area contributed by atoms with E-state index in [1.165, 1.54) is 9.75 Å². The van der Waals surface area contributed by atoms with E-state index in [-0.39, 0.29) is 11.9 Å². The van der Waals surface area contributed by atoms with Gasteiger partial charge < -0.3 is 16.4 Å². The highest BCUT2D eigenvalue weighted by atomic mass is 32.1. The molecule has 1 atom stereocenters. The van der Waals surface area contributed by atoms with Crippen LogP contribution in [-0.4, -0.2) is 31.0 Å². The van der Waals surface area contributed by atoms with Gasteiger partial charge in [0.2, 0.25) is 5.91 Å². The number of aryl methyl sites for hydroxylation is 1. The number of guanidine groups is 1. The minimum absolute atomic E-state index is 0.257. The lowest BCUT2D eigenvalue weighted by Crippen LogP contribution is -2.44. The van der Waals surface area contributed by atoms with Crippen LogP contribution < -0.4 is 16.4 Å². The van der Waals surface area contributed by atoms with Gasteiger partial charge in [-0.3, -0.25) is 9.79 Å². The quantitative estimate of drug-likeness (QED) is 0.530. The van der Waals surface area contributed by atoms with Gasteiger partial charge in [0.15, 0.2) is 5.96 Å². The van der Waals surface area contributed by atoms with E-state index in [0.717, 1.165) is 18.9 Å². The Morgan fingerprint density at radius 2 is 2.14 bits per heavy atom. The minimum atomic E-state index is -0.642. The van der Waals surface area contributed by atoms with Crippen molar-refractivity contribution < 1.29 is 4.79 Å². The molecule has 124 valence electrons. The highest BCUT2D eigenvalue weighted by Crippen LogP contribution is 2.17. The summed E-state index contributed by atoms with van der Waals surface area (Å²) in [5.41, 5.74) is 4.75. The maximum absolute atomic E-state index is 11.4. The Labute approximate surface area is 137 Å². The van der Waals surface area contributed by atoms with E-state index in [2.05, 4.69) is 41.6 Å². The summed E-state index contributed by atoms with van der Waals surface area (Å²) in [6, 6.07) is 4.56. The van der Waals surface area contributed by atoms with Gasteiger partial charge in [0.05, 0.1) is 12.0 Å². The SMILES string of the molecule is CCNC(=NCC(C)(C)C(N)=O)NC(C)Cc1ccc(C)s1. The smallest absolute Gasteiger partial charge is 0.224 e. The second-order valence-corrected chi connectivity index (χ2v) is 7.58. The number of nitrogens with one attached hydrogen (secondary N) is 2. The first-order valence-electron chi connectivity index (χ1n) is 7.64. The number of nitrogens with zero attached hydrogens (tertiary/aromatic N) is 1. The number of carbonyl (C=O) groups is 1. The third-order valence-electron chi connectivity index (χ3n) is 3.33. The summed E-state index contributed by atoms with van der Waals surface area (Å²) < 4.78 is 0. The van der Waals surface area contributed by atoms with E-state index in [4.69, 9.17) is 5.73 Å². The molecule has 1 heterocycles. The first kappa shape index (κ1) is 18.5. The molecule has 0 fully saturated rings. The first-order chi connectivity index (χ1) is 10.2. The predicted octanol–water partition coefficient (Wildman–Crippen LogP) is 2.05. The zero-order chi connectivity index (χ0) is 16.8. The van der Waals surface area contributed by atoms with Crippen LogP contribution in [0.25, 0.3) is 0 Å². The summed E-state index contributed by atoms with van der Waals surface area (Å²) in [6.07, 6.45) is 0.947. The van der Waals surface area contributed by atoms with E-state index < -0.39 is 5.41 Å². The van der Waals surface area contributed by atoms with Crippen LogP contribution in [0.1, 0.15) is 37.4 Å². The van der Waals surface area contributed by atoms with Gasteiger partial charge in [0.1, 0.15) is 0 Å². The van der Waals surface area contributed by atoms with Crippen LogP contribution >= 0.6 is 11.3 Å². The largest absolute Gasteiger partial charge is 0.369 e. The fourth-order valence-electron chi connectivity index (χ4n) is 1.86. The van der Waals surface area contributed by atoms with Crippen LogP contribution in [0.4, 0.5) is 0 Å². The Bertz CT molecular complexity index is 522. The second-order valence-electron chi connectivity index (χ2n) is 6.21. The molecule has 1 amide bonds. The Morgan fingerprint density at radius 1 is 1.45 bits per heavy atom. The van der Waals surface area contributed by atoms with E-state index in [1.807, 2.05) is 18.3 Å². The molecule has 4 N–H and O–H groups in total. The van der Waals surface area contributed by atoms with Gasteiger partial charge in [-0.2, -0.15) is 0 Å². The number of primary amides is 1. The molecule has 0 aromatic carbocycles. The van der Waals surface area contributed by atoms with Crippen molar-refractivity contribution in [2.75, 3.05) is 13.1 Å². The number of aliphatic imine (C=N–C) groups is 1. The summed E-state index contributed by atoms with van der Waals surface area (Å²) in [7, 11) is 0. The monoisotopic (exact) mass is 324 g/mol. The van der Waals surface area contributed by atoms with Gasteiger partial charge in [-0.05, 0) is 46.8 Å². The van der Waals surface area contributed by atoms with Crippen LogP contribution in [0.15, 0.2) is 17.1 Å². The standard InChI is InChI=1S/C16H28N4OS/c1-6-18-15(19-10-16(4,5)14(17)21)20-11(2)9-13-8-7-12(3)22-13/h7-8,11H,6,9-10H2,1-5H3,(H2,17,21)(H2,18,19,20). The van der Waals surface area contributed by atoms with Gasteiger partial charge in [-0.25, -0.2) is 0 Å². The average Bonchev–Trinajstić information content (AvgIpc) is 2.81. The minimum Gasteiger partial charge on any atom is -0.369 e. The van der Waals surface area contributed by atoms with E-state index in [9.17, 15) is 4.79 Å². The summed E-state index contributed by atoms with van der Waals surface area (Å²) in [5.74, 6) is 0.381. The average molecular weight is 324 g/mol. The summed E-state index contributed by atoms with van der Waals surface area (Å²) in [6.45, 7) is 11.0. The number of rotatable bonds is 7. The third-order valence-corrected chi connectivity index (χ3v) is 4.35. The van der Waals surface area contributed by atoms with Crippen LogP contribution in [0.5, 0.6) is 0 Å². The maximum atomic E-state index is 11.4. The lowest BCUT2D eigenvalue weighted by Gasteiger charge is -2.21. The number of amides is 1. The highest BCUT2D eigenvalue weighted by molar-refractivity contribution is 7.11. The third kappa shape index (κ3) is 6.05. The highest BCUT2D eigenvalue weighted by Gasteiger charge is 2.24. The molecule has 6 heteroatoms. The van der Waals surface area contributed by atoms with Crippen molar-refractivity contribution in [3.63, 3.8) is 0 Å². The van der Waals surface area contributed by atoms with Crippen LogP contribution in [0.3, 0.4) is 0 Å². The van der Waals surface area contributed by atoms with Crippen LogP contribution in [0.2, 0.25) is 0 Å². The molecular weight excluding hydrogens is 296 g/mol. The molecule has 0 saturated carbocycles. The summed E-state index contributed by atoms with van der Waals surface area (Å²) in [4.78, 5) is 18.5. The van der Waals surface area contributed by atoms with Gasteiger partial charge in [-0.15, -0.1) is 11.3 Å². The second kappa shape index (κ2) is 8.17. The number of hydrogen-bond acceptors (Lipinski definition) is 3. The maximum Gasteiger partial charge on any atom is 0.224 e. The zero-order valence-electron chi connectivity index (χ0n) is 14.2. The molecule has 0 saturated heterocycles. The number of nitrogens with two attached hydrogens (primary N) is 1. The van der Waals surface area contributed by atoms with Crippen LogP contribution in [0, 0.1) is 12.3 Å². The molecule has 0 aliphatic heterocycles. The number of hydrogen-bond donors (Lipinski definition) is 3. The van der Waals surface area contributed by atoms with E-state index in [0.29, 0.717) is 6.54 Å². The van der Waals surface area contributed by atoms with Gasteiger partial charge in [0.25, 0.3) is 0 Å². The fraction of sp³-hybridized carbons (Fsp3) is 0.625. The Kier molecular flexibility index (Phi) is 6.87. The van der Waals surface area contributed by atoms with Crippen molar-refractivity contribution in [2.45, 2.75) is 47.1 Å². The van der Waals surface area contributed by atoms with Crippen molar-refractivity contribution in [3.8, 4) is 0 Å². The normalized spacial score (nSPS) is 13.8. The van der Waals surface area contributed by atoms with Gasteiger partial charge in [-0.1, -0.05) is 0 Å². The van der Waals surface area contributed by atoms with Crippen LogP contribution in [-0.2, 0) is 11.2 Å². The predicted molar refractivity (Wildman–Crippen MR) is 94.3 cm³/mol. The summed E-state index contributed by atoms with van der Waals surface area (Å²) >= 11 is 1.82. The molecule has 5 nitrogen and oxygen atoms in total. The molecule has 1 aromatic rings. The molecular formula is C16H28N4OS. The lowest BCUT2D eigenvalue weighted by atomic mass is 9.93. The fourth-order valence-corrected chi connectivity index (χ4v) is 2.87. The molecule has 1 rings (SSSR count). The molecule has 0 aliphatic rings. The molecule has 22 heavy (non-hydrogen) atoms. The van der Waals surface area contributed by atoms with E-state index in [1.54, 1.807) is 13.8 Å². The van der Waals surface area contributed by atoms with Crippen molar-refractivity contribution in [1.82, 2.24) is 10.6 Å². The van der Waals surface area contributed by atoms with E-state index >= 15 is 0 Å². The van der Waals surface area contributed by atoms with Crippen molar-refractivity contribution >= 4 is 23.2 Å². The Hall–Kier alpha value is -1.56. The molecule has 0 aliphatic carbocycles. The first-order valence-corrected chi connectivity index (χ1v) is 8.46. The van der Waals surface area contributed by atoms with Crippen molar-refractivity contribution in [3.05, 3.63) is 21.9 Å². The van der Waals surface area contributed by atoms with Gasteiger partial charge in [0, 0.05) is 28.8 Å². The number of thiophene rings is 1. The molecule has 0 spiro atoms. The Balaban J connectivity index is 2.64. The molecule has 1 unspecified atom stereocenters. The lowest BCUT2D eigenvalue weighted by molar-refractivity contribution is -0.125. The Morgan fingerprint density at radius 3 is 2.64 bits per heavy atom. The topological polar surface area (TPSA) is 79.5 Å². The van der Waals surface area contributed by atoms with Crippen molar-refractivity contribution in [2.24, 2.45) is 16.1 Å². The summed E-state index contributed by atoms with van der Waals surface area (Å²) in [5, 5.41) is 6.59.